The number of nitrogens with zero attached hydrogens (tertiary/aromatic N) is 1. The molecule has 0 aromatic heterocycles. The largest absolute Gasteiger partial charge is 0.393 e. The molecule has 1 fully saturated rings. The number of hydrogen-bond acceptors (Lipinski definition) is 4. The lowest BCUT2D eigenvalue weighted by Crippen LogP contribution is -2.22. The van der Waals surface area contributed by atoms with E-state index in [1.54, 1.807) is 0 Å². The van der Waals surface area contributed by atoms with Gasteiger partial charge in [-0.1, -0.05) is 13.3 Å². The van der Waals surface area contributed by atoms with E-state index in [2.05, 4.69) is 4.40 Å². The van der Waals surface area contributed by atoms with Crippen LogP contribution in [0.3, 0.4) is 0 Å². The van der Waals surface area contributed by atoms with Crippen LogP contribution in [0.2, 0.25) is 0 Å². The van der Waals surface area contributed by atoms with Crippen LogP contribution in [0, 0.1) is 0 Å². The summed E-state index contributed by atoms with van der Waals surface area (Å²) in [5, 5.41) is 10.0. The zero-order valence-electron chi connectivity index (χ0n) is 14.3. The molecule has 0 unspecified atom stereocenters. The Balaban J connectivity index is 2.56. The zero-order valence-corrected chi connectivity index (χ0v) is 15.2. The highest BCUT2D eigenvalue weighted by Crippen LogP contribution is 2.17. The van der Waals surface area contributed by atoms with E-state index in [-0.39, 0.29) is 11.0 Å². The predicted octanol–water partition coefficient (Wildman–Crippen LogP) is 2.98. The molecule has 130 valence electrons. The molecule has 1 rings (SSSR count). The third kappa shape index (κ3) is 7.81. The third-order valence-corrected chi connectivity index (χ3v) is 4.90. The molecule has 0 spiro atoms. The van der Waals surface area contributed by atoms with Gasteiger partial charge in [-0.15, -0.1) is 0 Å². The van der Waals surface area contributed by atoms with Crippen LogP contribution in [0.5, 0.6) is 0 Å². The molecule has 1 saturated heterocycles. The Morgan fingerprint density at radius 3 is 2.55 bits per heavy atom. The molecule has 1 aliphatic rings. The van der Waals surface area contributed by atoms with Gasteiger partial charge >= 0.3 is 0 Å². The third-order valence-electron chi connectivity index (χ3n) is 3.43. The molecule has 0 aliphatic carbocycles. The molecule has 0 radical (unpaired) electrons. The Morgan fingerprint density at radius 1 is 1.36 bits per heavy atom. The van der Waals surface area contributed by atoms with Crippen molar-refractivity contribution in [3.63, 3.8) is 0 Å². The summed E-state index contributed by atoms with van der Waals surface area (Å²) in [7, 11) is -1.28. The maximum atomic E-state index is 12.2. The van der Waals surface area contributed by atoms with Crippen molar-refractivity contribution in [1.29, 1.82) is 0 Å². The van der Waals surface area contributed by atoms with Crippen molar-refractivity contribution in [1.82, 2.24) is 0 Å². The van der Waals surface area contributed by atoms with Gasteiger partial charge in [0.2, 0.25) is 0 Å². The van der Waals surface area contributed by atoms with E-state index in [0.717, 1.165) is 37.8 Å². The Hall–Kier alpha value is -0.300. The fourth-order valence-electron chi connectivity index (χ4n) is 2.19. The minimum Gasteiger partial charge on any atom is -0.393 e. The highest BCUT2D eigenvalue weighted by Gasteiger charge is 2.21. The van der Waals surface area contributed by atoms with Crippen LogP contribution < -0.4 is 0 Å². The summed E-state index contributed by atoms with van der Waals surface area (Å²) in [4.78, 5) is 0. The smallest absolute Gasteiger partial charge is 0.157 e. The second-order valence-electron chi connectivity index (χ2n) is 6.73. The van der Waals surface area contributed by atoms with Gasteiger partial charge in [0, 0.05) is 12.1 Å². The standard InChI is InChI=1S/C16H31NO4S/c1-5-7-14(18)12-13(17-22(19)16(2,3)4)8-6-9-15-20-10-11-21-15/h14-15,18H,5-12H2,1-4H3/b17-13-/t14-,22-/m1/s1. The molecule has 1 heterocycles. The summed E-state index contributed by atoms with van der Waals surface area (Å²) in [5.74, 6) is 0. The molecule has 0 aromatic rings. The maximum absolute atomic E-state index is 12.2. The molecule has 5 nitrogen and oxygen atoms in total. The molecular formula is C16H31NO4S. The normalized spacial score (nSPS) is 20.3. The average molecular weight is 333 g/mol. The first-order valence-electron chi connectivity index (χ1n) is 8.22. The van der Waals surface area contributed by atoms with E-state index in [9.17, 15) is 9.32 Å². The molecule has 2 atom stereocenters. The molecule has 1 N–H and O–H groups in total. The fourth-order valence-corrected chi connectivity index (χ4v) is 2.87. The first-order valence-corrected chi connectivity index (χ1v) is 9.33. The number of hydrogen-bond donors (Lipinski definition) is 1. The van der Waals surface area contributed by atoms with Crippen molar-refractivity contribution >= 4 is 16.7 Å². The molecule has 6 heteroatoms. The Bertz CT molecular complexity index is 373. The van der Waals surface area contributed by atoms with Crippen molar-refractivity contribution in [3.05, 3.63) is 0 Å². The zero-order chi connectivity index (χ0) is 16.6. The highest BCUT2D eigenvalue weighted by molar-refractivity contribution is 7.85. The second kappa shape index (κ2) is 9.75. The van der Waals surface area contributed by atoms with Gasteiger partial charge in [-0.3, -0.25) is 0 Å². The van der Waals surface area contributed by atoms with Gasteiger partial charge in [0.05, 0.1) is 24.1 Å². The van der Waals surface area contributed by atoms with E-state index in [1.807, 2.05) is 27.7 Å². The molecule has 1 aliphatic heterocycles. The molecular weight excluding hydrogens is 302 g/mol. The predicted molar refractivity (Wildman–Crippen MR) is 90.4 cm³/mol. The van der Waals surface area contributed by atoms with Crippen LogP contribution in [0.25, 0.3) is 0 Å². The number of rotatable bonds is 9. The van der Waals surface area contributed by atoms with E-state index < -0.39 is 17.1 Å². The summed E-state index contributed by atoms with van der Waals surface area (Å²) in [5.41, 5.74) is 0.840. The summed E-state index contributed by atoms with van der Waals surface area (Å²) in [6.45, 7) is 9.10. The summed E-state index contributed by atoms with van der Waals surface area (Å²) < 4.78 is 27.1. The van der Waals surface area contributed by atoms with E-state index >= 15 is 0 Å². The summed E-state index contributed by atoms with van der Waals surface area (Å²) in [6.07, 6.45) is 4.06. The lowest BCUT2D eigenvalue weighted by Gasteiger charge is -2.17. The second-order valence-corrected chi connectivity index (χ2v) is 8.63. The van der Waals surface area contributed by atoms with E-state index in [1.165, 1.54) is 0 Å². The molecule has 0 bridgehead atoms. The summed E-state index contributed by atoms with van der Waals surface area (Å²) in [6, 6.07) is 0. The van der Waals surface area contributed by atoms with Crippen LogP contribution >= 0.6 is 0 Å². The first-order chi connectivity index (χ1) is 10.3. The quantitative estimate of drug-likeness (QED) is 0.659. The lowest BCUT2D eigenvalue weighted by atomic mass is 10.0. The monoisotopic (exact) mass is 333 g/mol. The molecule has 0 aromatic carbocycles. The lowest BCUT2D eigenvalue weighted by molar-refractivity contribution is -0.0473. The Kier molecular flexibility index (Phi) is 8.75. The van der Waals surface area contributed by atoms with Gasteiger partial charge in [-0.25, -0.2) is 4.21 Å². The van der Waals surface area contributed by atoms with Gasteiger partial charge in [0.1, 0.15) is 11.0 Å². The average Bonchev–Trinajstić information content (AvgIpc) is 2.90. The van der Waals surface area contributed by atoms with Gasteiger partial charge in [0.25, 0.3) is 0 Å². The Labute approximate surface area is 137 Å². The number of ether oxygens (including phenoxy) is 2. The maximum Gasteiger partial charge on any atom is 0.157 e. The van der Waals surface area contributed by atoms with Gasteiger partial charge in [0.15, 0.2) is 6.29 Å². The Morgan fingerprint density at radius 2 is 2.00 bits per heavy atom. The first kappa shape index (κ1) is 19.7. The van der Waals surface area contributed by atoms with Crippen LogP contribution in [-0.2, 0) is 20.5 Å². The van der Waals surface area contributed by atoms with Crippen LogP contribution in [0.4, 0.5) is 0 Å². The number of aliphatic hydroxyl groups excluding tert-OH is 1. The molecule has 0 saturated carbocycles. The van der Waals surface area contributed by atoms with Crippen molar-refractivity contribution in [3.8, 4) is 0 Å². The van der Waals surface area contributed by atoms with Gasteiger partial charge in [-0.05, 0) is 46.5 Å². The van der Waals surface area contributed by atoms with Crippen LogP contribution in [-0.4, -0.2) is 45.4 Å². The van der Waals surface area contributed by atoms with Crippen LogP contribution in [0.1, 0.15) is 66.2 Å². The minimum absolute atomic E-state index is 0.116. The minimum atomic E-state index is -1.28. The van der Waals surface area contributed by atoms with Crippen LogP contribution in [0.15, 0.2) is 4.40 Å². The SMILES string of the molecule is CCC[C@@H](O)C/C(CCCC1OCCO1)=N\[S@](=O)C(C)(C)C. The van der Waals surface area contributed by atoms with Crippen molar-refractivity contribution in [2.45, 2.75) is 83.4 Å². The molecule has 0 amide bonds. The van der Waals surface area contributed by atoms with Crippen molar-refractivity contribution in [2.75, 3.05) is 13.2 Å². The number of aliphatic hydroxyl groups is 1. The van der Waals surface area contributed by atoms with E-state index in [4.69, 9.17) is 9.47 Å². The van der Waals surface area contributed by atoms with Crippen molar-refractivity contribution < 1.29 is 18.8 Å². The topological polar surface area (TPSA) is 68.1 Å². The fraction of sp³-hybridized carbons (Fsp3) is 0.938. The molecule has 22 heavy (non-hydrogen) atoms. The van der Waals surface area contributed by atoms with Gasteiger partial charge < -0.3 is 14.6 Å². The summed E-state index contributed by atoms with van der Waals surface area (Å²) >= 11 is 0. The van der Waals surface area contributed by atoms with Crippen molar-refractivity contribution in [2.24, 2.45) is 4.40 Å². The highest BCUT2D eigenvalue weighted by atomic mass is 32.2. The van der Waals surface area contributed by atoms with Gasteiger partial charge in [-0.2, -0.15) is 4.40 Å². The van der Waals surface area contributed by atoms with E-state index in [0.29, 0.717) is 19.6 Å².